The normalized spacial score (nSPS) is 9.47. The molecule has 2 amide bonds. The summed E-state index contributed by atoms with van der Waals surface area (Å²) >= 11 is 5.39. The van der Waals surface area contributed by atoms with E-state index in [-0.39, 0.29) is 17.7 Å². The summed E-state index contributed by atoms with van der Waals surface area (Å²) < 4.78 is 0. The Bertz CT molecular complexity index is 432. The van der Waals surface area contributed by atoms with Gasteiger partial charge in [-0.1, -0.05) is 18.2 Å². The van der Waals surface area contributed by atoms with E-state index in [1.165, 1.54) is 0 Å². The summed E-state index contributed by atoms with van der Waals surface area (Å²) in [5.41, 5.74) is 0.840. The molecule has 0 aromatic heterocycles. The molecule has 0 fully saturated rings. The van der Waals surface area contributed by atoms with E-state index in [2.05, 4.69) is 17.2 Å². The van der Waals surface area contributed by atoms with Gasteiger partial charge in [-0.05, 0) is 12.1 Å². The zero-order valence-electron chi connectivity index (χ0n) is 9.20. The molecule has 5 heteroatoms. The highest BCUT2D eigenvalue weighted by atomic mass is 35.5. The molecule has 0 aliphatic rings. The lowest BCUT2D eigenvalue weighted by Gasteiger charge is -2.09. The van der Waals surface area contributed by atoms with Crippen molar-refractivity contribution >= 4 is 29.1 Å². The van der Waals surface area contributed by atoms with Crippen molar-refractivity contribution in [3.8, 4) is 0 Å². The SMILES string of the molecule is C=CCNC(=O)c1ccccc1NC(=O)CCl. The highest BCUT2D eigenvalue weighted by Gasteiger charge is 2.11. The Morgan fingerprint density at radius 2 is 2.06 bits per heavy atom. The lowest BCUT2D eigenvalue weighted by Crippen LogP contribution is -2.25. The van der Waals surface area contributed by atoms with Gasteiger partial charge in [0.25, 0.3) is 5.91 Å². The van der Waals surface area contributed by atoms with Gasteiger partial charge < -0.3 is 10.6 Å². The second-order valence-electron chi connectivity index (χ2n) is 3.23. The van der Waals surface area contributed by atoms with E-state index in [0.717, 1.165) is 0 Å². The minimum atomic E-state index is -0.351. The van der Waals surface area contributed by atoms with Crippen LogP contribution < -0.4 is 10.6 Å². The van der Waals surface area contributed by atoms with Crippen LogP contribution in [0.4, 0.5) is 5.69 Å². The molecule has 0 bridgehead atoms. The number of halogens is 1. The zero-order chi connectivity index (χ0) is 12.7. The summed E-state index contributed by atoms with van der Waals surface area (Å²) in [6.07, 6.45) is 1.58. The van der Waals surface area contributed by atoms with E-state index in [1.54, 1.807) is 30.3 Å². The monoisotopic (exact) mass is 252 g/mol. The summed E-state index contributed by atoms with van der Waals surface area (Å²) in [6, 6.07) is 6.73. The Labute approximate surface area is 105 Å². The van der Waals surface area contributed by atoms with Crippen LogP contribution in [0.5, 0.6) is 0 Å². The fourth-order valence-corrected chi connectivity index (χ4v) is 1.30. The molecule has 0 unspecified atom stereocenters. The van der Waals surface area contributed by atoms with Gasteiger partial charge in [-0.3, -0.25) is 9.59 Å². The summed E-state index contributed by atoms with van der Waals surface area (Å²) in [5.74, 6) is -0.770. The first-order chi connectivity index (χ1) is 8.19. The number of rotatable bonds is 5. The second-order valence-corrected chi connectivity index (χ2v) is 3.49. The Kier molecular flexibility index (Phi) is 5.23. The lowest BCUT2D eigenvalue weighted by molar-refractivity contribution is -0.113. The molecule has 0 saturated carbocycles. The second kappa shape index (κ2) is 6.70. The maximum atomic E-state index is 11.8. The Hall–Kier alpha value is -1.81. The third kappa shape index (κ3) is 3.92. The standard InChI is InChI=1S/C12H13ClN2O2/c1-2-7-14-12(17)9-5-3-4-6-10(9)15-11(16)8-13/h2-6H,1,7-8H2,(H,14,17)(H,15,16). The number of carbonyl (C=O) groups excluding carboxylic acids is 2. The quantitative estimate of drug-likeness (QED) is 0.620. The summed E-state index contributed by atoms with van der Waals surface area (Å²) in [4.78, 5) is 22.9. The molecule has 2 N–H and O–H groups in total. The van der Waals surface area contributed by atoms with Crippen LogP contribution >= 0.6 is 11.6 Å². The van der Waals surface area contributed by atoms with Gasteiger partial charge in [0.1, 0.15) is 5.88 Å². The van der Waals surface area contributed by atoms with Crippen molar-refractivity contribution in [3.63, 3.8) is 0 Å². The average Bonchev–Trinajstić information content (AvgIpc) is 2.36. The van der Waals surface area contributed by atoms with Gasteiger partial charge in [-0.15, -0.1) is 18.2 Å². The fourth-order valence-electron chi connectivity index (χ4n) is 1.23. The fraction of sp³-hybridized carbons (Fsp3) is 0.167. The van der Waals surface area contributed by atoms with Crippen LogP contribution in [0.25, 0.3) is 0 Å². The number of nitrogens with one attached hydrogen (secondary N) is 2. The van der Waals surface area contributed by atoms with Crippen LogP contribution in [0.1, 0.15) is 10.4 Å². The average molecular weight is 253 g/mol. The highest BCUT2D eigenvalue weighted by molar-refractivity contribution is 6.29. The molecule has 0 saturated heterocycles. The van der Waals surface area contributed by atoms with Gasteiger partial charge >= 0.3 is 0 Å². The smallest absolute Gasteiger partial charge is 0.253 e. The first kappa shape index (κ1) is 13.3. The molecule has 0 atom stereocenters. The molecule has 4 nitrogen and oxygen atoms in total. The third-order valence-electron chi connectivity index (χ3n) is 1.97. The number of alkyl halides is 1. The molecular weight excluding hydrogens is 240 g/mol. The van der Waals surface area contributed by atoms with Crippen molar-refractivity contribution in [1.29, 1.82) is 0 Å². The molecule has 17 heavy (non-hydrogen) atoms. The summed E-state index contributed by atoms with van der Waals surface area (Å²) in [6.45, 7) is 3.88. The number of hydrogen-bond acceptors (Lipinski definition) is 2. The Morgan fingerprint density at radius 3 is 2.71 bits per heavy atom. The first-order valence-corrected chi connectivity index (χ1v) is 5.56. The van der Waals surface area contributed by atoms with Crippen LogP contribution in [-0.2, 0) is 4.79 Å². The number of benzene rings is 1. The molecule has 1 aromatic rings. The predicted molar refractivity (Wildman–Crippen MR) is 68.3 cm³/mol. The van der Waals surface area contributed by atoms with Gasteiger partial charge in [0, 0.05) is 6.54 Å². The van der Waals surface area contributed by atoms with Crippen LogP contribution in [-0.4, -0.2) is 24.2 Å². The molecule has 90 valence electrons. The van der Waals surface area contributed by atoms with Gasteiger partial charge in [0.2, 0.25) is 5.91 Å². The number of amides is 2. The third-order valence-corrected chi connectivity index (χ3v) is 2.22. The maximum absolute atomic E-state index is 11.8. The number of hydrogen-bond donors (Lipinski definition) is 2. The number of anilines is 1. The molecule has 0 heterocycles. The van der Waals surface area contributed by atoms with Crippen molar-refractivity contribution in [3.05, 3.63) is 42.5 Å². The van der Waals surface area contributed by atoms with Crippen molar-refractivity contribution < 1.29 is 9.59 Å². The summed E-state index contributed by atoms with van der Waals surface area (Å²) in [5, 5.41) is 5.20. The van der Waals surface area contributed by atoms with Crippen LogP contribution in [0, 0.1) is 0 Å². The maximum Gasteiger partial charge on any atom is 0.253 e. The van der Waals surface area contributed by atoms with Crippen LogP contribution in [0.2, 0.25) is 0 Å². The molecule has 0 spiro atoms. The van der Waals surface area contributed by atoms with Crippen molar-refractivity contribution in [1.82, 2.24) is 5.32 Å². The van der Waals surface area contributed by atoms with Gasteiger partial charge in [0.05, 0.1) is 11.3 Å². The van der Waals surface area contributed by atoms with Gasteiger partial charge in [-0.25, -0.2) is 0 Å². The van der Waals surface area contributed by atoms with E-state index >= 15 is 0 Å². The number of para-hydroxylation sites is 1. The molecule has 1 rings (SSSR count). The van der Waals surface area contributed by atoms with E-state index < -0.39 is 0 Å². The molecule has 1 aromatic carbocycles. The molecule has 0 aliphatic heterocycles. The van der Waals surface area contributed by atoms with Gasteiger partial charge in [0.15, 0.2) is 0 Å². The number of carbonyl (C=O) groups is 2. The highest BCUT2D eigenvalue weighted by Crippen LogP contribution is 2.14. The van der Waals surface area contributed by atoms with Gasteiger partial charge in [-0.2, -0.15) is 0 Å². The lowest BCUT2D eigenvalue weighted by atomic mass is 10.1. The molecular formula is C12H13ClN2O2. The van der Waals surface area contributed by atoms with Crippen molar-refractivity contribution in [2.45, 2.75) is 0 Å². The van der Waals surface area contributed by atoms with E-state index in [9.17, 15) is 9.59 Å². The van der Waals surface area contributed by atoms with Crippen LogP contribution in [0.3, 0.4) is 0 Å². The Morgan fingerprint density at radius 1 is 1.35 bits per heavy atom. The predicted octanol–water partition coefficient (Wildman–Crippen LogP) is 1.78. The van der Waals surface area contributed by atoms with Crippen LogP contribution in [0.15, 0.2) is 36.9 Å². The Balaban J connectivity index is 2.87. The molecule has 0 radical (unpaired) electrons. The van der Waals surface area contributed by atoms with E-state index in [4.69, 9.17) is 11.6 Å². The van der Waals surface area contributed by atoms with E-state index in [0.29, 0.717) is 17.8 Å². The van der Waals surface area contributed by atoms with Crippen molar-refractivity contribution in [2.75, 3.05) is 17.7 Å². The topological polar surface area (TPSA) is 58.2 Å². The molecule has 0 aliphatic carbocycles. The minimum Gasteiger partial charge on any atom is -0.349 e. The minimum absolute atomic E-state index is 0.150. The first-order valence-electron chi connectivity index (χ1n) is 5.03. The zero-order valence-corrected chi connectivity index (χ0v) is 9.96. The summed E-state index contributed by atoms with van der Waals surface area (Å²) in [7, 11) is 0. The van der Waals surface area contributed by atoms with E-state index in [1.807, 2.05) is 0 Å². The largest absolute Gasteiger partial charge is 0.349 e. The van der Waals surface area contributed by atoms with Crippen molar-refractivity contribution in [2.24, 2.45) is 0 Å².